The normalized spacial score (nSPS) is 18.0. The highest BCUT2D eigenvalue weighted by Crippen LogP contribution is 2.37. The van der Waals surface area contributed by atoms with Crippen LogP contribution in [0.25, 0.3) is 22.3 Å². The molecule has 192 valence electrons. The van der Waals surface area contributed by atoms with Crippen molar-refractivity contribution < 1.29 is 17.6 Å². The number of hydrogen-bond acceptors (Lipinski definition) is 7. The van der Waals surface area contributed by atoms with E-state index in [2.05, 4.69) is 35.5 Å². The highest BCUT2D eigenvalue weighted by Gasteiger charge is 2.33. The molecule has 0 bridgehead atoms. The Hall–Kier alpha value is -3.64. The fourth-order valence-electron chi connectivity index (χ4n) is 4.99. The first kappa shape index (κ1) is 23.7. The largest absolute Gasteiger partial charge is 0.319 e. The first-order chi connectivity index (χ1) is 18.0. The van der Waals surface area contributed by atoms with E-state index >= 15 is 0 Å². The summed E-state index contributed by atoms with van der Waals surface area (Å²) in [5.41, 5.74) is 1.20. The van der Waals surface area contributed by atoms with Gasteiger partial charge in [-0.05, 0) is 30.2 Å². The van der Waals surface area contributed by atoms with Gasteiger partial charge >= 0.3 is 0 Å². The first-order valence-corrected chi connectivity index (χ1v) is 12.1. The van der Waals surface area contributed by atoms with Crippen molar-refractivity contribution in [1.82, 2.24) is 34.7 Å². The van der Waals surface area contributed by atoms with Crippen LogP contribution in [-0.2, 0) is 13.0 Å². The van der Waals surface area contributed by atoms with Gasteiger partial charge in [-0.1, -0.05) is 6.07 Å². The third-order valence-electron chi connectivity index (χ3n) is 6.81. The molecule has 0 radical (unpaired) electrons. The van der Waals surface area contributed by atoms with Gasteiger partial charge in [-0.3, -0.25) is 4.90 Å². The molecule has 1 aromatic carbocycles. The number of nitrogens with zero attached hydrogens (tertiary/aromatic N) is 6. The van der Waals surface area contributed by atoms with Gasteiger partial charge in [-0.25, -0.2) is 37.5 Å². The Labute approximate surface area is 209 Å². The van der Waals surface area contributed by atoms with E-state index in [1.807, 2.05) is 6.07 Å². The highest BCUT2D eigenvalue weighted by atomic mass is 19.3. The van der Waals surface area contributed by atoms with E-state index in [1.165, 1.54) is 10.6 Å². The number of piperazine rings is 1. The van der Waals surface area contributed by atoms with E-state index in [9.17, 15) is 17.6 Å². The zero-order chi connectivity index (χ0) is 25.5. The SMILES string of the molecule is Fc1cnc(Nc2ccc(CN3CCNCC3)cn2)nc1-c1cc(F)c2nc3n(c2c1)[C@H](C(F)F)CC3. The first-order valence-electron chi connectivity index (χ1n) is 12.1. The minimum atomic E-state index is -2.62. The lowest BCUT2D eigenvalue weighted by atomic mass is 10.1. The number of imidazole rings is 1. The van der Waals surface area contributed by atoms with Gasteiger partial charge in [0.2, 0.25) is 5.95 Å². The molecule has 2 N–H and O–H groups in total. The molecular weight excluding hydrogens is 488 g/mol. The zero-order valence-corrected chi connectivity index (χ0v) is 19.8. The van der Waals surface area contributed by atoms with Crippen LogP contribution in [0.2, 0.25) is 0 Å². The average molecular weight is 513 g/mol. The summed E-state index contributed by atoms with van der Waals surface area (Å²) >= 11 is 0. The van der Waals surface area contributed by atoms with Crippen molar-refractivity contribution in [2.45, 2.75) is 31.9 Å². The van der Waals surface area contributed by atoms with E-state index in [0.717, 1.165) is 50.6 Å². The Morgan fingerprint density at radius 2 is 1.86 bits per heavy atom. The molecule has 0 aliphatic carbocycles. The number of aryl methyl sites for hydroxylation is 1. The molecule has 0 saturated carbocycles. The molecule has 0 unspecified atom stereocenters. The fraction of sp³-hybridized carbons (Fsp3) is 0.360. The van der Waals surface area contributed by atoms with Crippen LogP contribution in [0.1, 0.15) is 23.9 Å². The predicted octanol–water partition coefficient (Wildman–Crippen LogP) is 4.07. The Morgan fingerprint density at radius 1 is 1.03 bits per heavy atom. The van der Waals surface area contributed by atoms with E-state index in [-0.39, 0.29) is 34.7 Å². The summed E-state index contributed by atoms with van der Waals surface area (Å²) in [6, 6.07) is 5.21. The van der Waals surface area contributed by atoms with Crippen LogP contribution in [0.3, 0.4) is 0 Å². The summed E-state index contributed by atoms with van der Waals surface area (Å²) in [7, 11) is 0. The summed E-state index contributed by atoms with van der Waals surface area (Å²) in [5.74, 6) is -0.555. The molecule has 12 heteroatoms. The molecule has 2 aliphatic rings. The van der Waals surface area contributed by atoms with Crippen LogP contribution in [0.4, 0.5) is 29.3 Å². The number of hydrogen-bond donors (Lipinski definition) is 2. The quantitative estimate of drug-likeness (QED) is 0.377. The van der Waals surface area contributed by atoms with Crippen LogP contribution in [0.15, 0.2) is 36.7 Å². The average Bonchev–Trinajstić information content (AvgIpc) is 3.47. The maximum Gasteiger partial charge on any atom is 0.259 e. The number of fused-ring (bicyclic) bond motifs is 3. The number of aromatic nitrogens is 5. The Morgan fingerprint density at radius 3 is 2.62 bits per heavy atom. The number of halogens is 4. The van der Waals surface area contributed by atoms with Crippen molar-refractivity contribution in [3.05, 3.63) is 59.7 Å². The van der Waals surface area contributed by atoms with Crippen LogP contribution in [-0.4, -0.2) is 62.0 Å². The lowest BCUT2D eigenvalue weighted by molar-refractivity contribution is 0.0883. The highest BCUT2D eigenvalue weighted by molar-refractivity contribution is 5.83. The topological polar surface area (TPSA) is 83.8 Å². The maximum absolute atomic E-state index is 14.9. The summed E-state index contributed by atoms with van der Waals surface area (Å²) in [5, 5.41) is 6.27. The summed E-state index contributed by atoms with van der Waals surface area (Å²) in [6.07, 6.45) is 0.674. The summed E-state index contributed by atoms with van der Waals surface area (Å²) in [6.45, 7) is 4.67. The molecule has 5 heterocycles. The maximum atomic E-state index is 14.9. The van der Waals surface area contributed by atoms with E-state index in [1.54, 1.807) is 12.3 Å². The molecule has 37 heavy (non-hydrogen) atoms. The molecule has 1 atom stereocenters. The van der Waals surface area contributed by atoms with Gasteiger partial charge in [0.15, 0.2) is 11.6 Å². The minimum Gasteiger partial charge on any atom is -0.319 e. The third kappa shape index (κ3) is 4.62. The lowest BCUT2D eigenvalue weighted by Gasteiger charge is -2.27. The van der Waals surface area contributed by atoms with E-state index < -0.39 is 24.1 Å². The molecule has 1 fully saturated rings. The van der Waals surface area contributed by atoms with Gasteiger partial charge in [0.05, 0.1) is 17.8 Å². The molecule has 0 amide bonds. The standard InChI is InChI=1S/C25H24F4N8/c26-16-9-15(10-19-23(16)34-21-4-2-18(24(28)29)37(19)21)22-17(27)12-32-25(35-22)33-20-3-1-14(11-31-20)13-36-7-5-30-6-8-36/h1,3,9-12,18,24,30H,2,4-8,13H2,(H,31,32,33,35)/t18-/m0/s1. The number of benzene rings is 1. The van der Waals surface area contributed by atoms with Gasteiger partial charge in [-0.2, -0.15) is 0 Å². The smallest absolute Gasteiger partial charge is 0.259 e. The van der Waals surface area contributed by atoms with Crippen LogP contribution in [0, 0.1) is 11.6 Å². The summed E-state index contributed by atoms with van der Waals surface area (Å²) in [4.78, 5) is 19.2. The van der Waals surface area contributed by atoms with Gasteiger partial charge < -0.3 is 15.2 Å². The van der Waals surface area contributed by atoms with Gasteiger partial charge in [0.1, 0.15) is 22.9 Å². The Bertz CT molecular complexity index is 1430. The van der Waals surface area contributed by atoms with Crippen LogP contribution >= 0.6 is 0 Å². The van der Waals surface area contributed by atoms with Crippen LogP contribution in [0.5, 0.6) is 0 Å². The lowest BCUT2D eigenvalue weighted by Crippen LogP contribution is -2.42. The van der Waals surface area contributed by atoms with E-state index in [4.69, 9.17) is 0 Å². The molecule has 1 saturated heterocycles. The monoisotopic (exact) mass is 512 g/mol. The molecular formula is C25H24F4N8. The molecule has 8 nitrogen and oxygen atoms in total. The van der Waals surface area contributed by atoms with Crippen molar-refractivity contribution in [3.63, 3.8) is 0 Å². The number of rotatable bonds is 6. The van der Waals surface area contributed by atoms with E-state index in [0.29, 0.717) is 18.1 Å². The predicted molar refractivity (Wildman–Crippen MR) is 130 cm³/mol. The van der Waals surface area contributed by atoms with Crippen molar-refractivity contribution in [1.29, 1.82) is 0 Å². The van der Waals surface area contributed by atoms with Crippen molar-refractivity contribution >= 4 is 22.8 Å². The molecule has 2 aliphatic heterocycles. The third-order valence-corrected chi connectivity index (χ3v) is 6.81. The number of anilines is 2. The second-order valence-electron chi connectivity index (χ2n) is 9.26. The van der Waals surface area contributed by atoms with Crippen molar-refractivity contribution in [3.8, 4) is 11.3 Å². The van der Waals surface area contributed by atoms with Crippen LogP contribution < -0.4 is 10.6 Å². The second-order valence-corrected chi connectivity index (χ2v) is 9.26. The zero-order valence-electron chi connectivity index (χ0n) is 19.8. The Kier molecular flexibility index (Phi) is 6.21. The number of pyridine rings is 1. The summed E-state index contributed by atoms with van der Waals surface area (Å²) < 4.78 is 58.2. The molecule has 4 aromatic rings. The second kappa shape index (κ2) is 9.67. The van der Waals surface area contributed by atoms with Gasteiger partial charge in [-0.15, -0.1) is 0 Å². The van der Waals surface area contributed by atoms with Gasteiger partial charge in [0.25, 0.3) is 6.43 Å². The number of nitrogens with one attached hydrogen (secondary N) is 2. The minimum absolute atomic E-state index is 0.0120. The molecule has 6 rings (SSSR count). The van der Waals surface area contributed by atoms with Crippen molar-refractivity contribution in [2.75, 3.05) is 31.5 Å². The molecule has 3 aromatic heterocycles. The Balaban J connectivity index is 1.27. The molecule has 0 spiro atoms. The van der Waals surface area contributed by atoms with Crippen molar-refractivity contribution in [2.24, 2.45) is 0 Å². The number of alkyl halides is 2. The fourth-order valence-corrected chi connectivity index (χ4v) is 4.99. The van der Waals surface area contributed by atoms with Gasteiger partial charge in [0, 0.05) is 50.9 Å².